The first kappa shape index (κ1) is 8.23. The molecule has 0 N–H and O–H groups in total. The molecule has 3 aromatic rings. The largest absolute Gasteiger partial charge is 0.275 e. The Bertz CT molecular complexity index is 573. The number of hydrogen-bond acceptors (Lipinski definition) is 2. The monoisotopic (exact) mass is 198 g/mol. The molecule has 0 aliphatic rings. The lowest BCUT2D eigenvalue weighted by Gasteiger charge is -1.88. The average Bonchev–Trinajstić information content (AvgIpc) is 2.82. The zero-order chi connectivity index (χ0) is 10.3. The van der Waals surface area contributed by atoms with E-state index in [1.54, 1.807) is 10.9 Å². The van der Waals surface area contributed by atoms with Crippen LogP contribution in [0.5, 0.6) is 0 Å². The Kier molecular flexibility index (Phi) is 1.62. The maximum absolute atomic E-state index is 4.22. The summed E-state index contributed by atoms with van der Waals surface area (Å²) in [6, 6.07) is 6.07. The van der Waals surface area contributed by atoms with Gasteiger partial charge in [0.1, 0.15) is 0 Å². The third-order valence-corrected chi connectivity index (χ3v) is 2.41. The molecule has 0 saturated heterocycles. The van der Waals surface area contributed by atoms with E-state index in [0.717, 1.165) is 16.6 Å². The van der Waals surface area contributed by atoms with E-state index in [2.05, 4.69) is 16.3 Å². The van der Waals surface area contributed by atoms with E-state index in [4.69, 9.17) is 0 Å². The molecule has 4 heteroatoms. The fourth-order valence-corrected chi connectivity index (χ4v) is 1.67. The predicted octanol–water partition coefficient (Wildman–Crippen LogP) is 1.73. The third-order valence-electron chi connectivity index (χ3n) is 2.41. The van der Waals surface area contributed by atoms with Crippen molar-refractivity contribution in [3.8, 4) is 11.1 Å². The molecule has 0 unspecified atom stereocenters. The van der Waals surface area contributed by atoms with Crippen LogP contribution < -0.4 is 0 Å². The zero-order valence-electron chi connectivity index (χ0n) is 8.33. The van der Waals surface area contributed by atoms with Crippen LogP contribution in [0.3, 0.4) is 0 Å². The second-order valence-electron chi connectivity index (χ2n) is 3.52. The molecule has 0 aliphatic carbocycles. The molecular weight excluding hydrogens is 188 g/mol. The lowest BCUT2D eigenvalue weighted by Crippen LogP contribution is -1.85. The normalized spacial score (nSPS) is 11.0. The highest BCUT2D eigenvalue weighted by Crippen LogP contribution is 2.20. The van der Waals surface area contributed by atoms with Gasteiger partial charge in [-0.2, -0.15) is 10.2 Å². The summed E-state index contributed by atoms with van der Waals surface area (Å²) in [5.74, 6) is 0. The first-order valence-corrected chi connectivity index (χ1v) is 4.75. The molecule has 0 aliphatic heterocycles. The van der Waals surface area contributed by atoms with Crippen LogP contribution in [0.2, 0.25) is 0 Å². The second kappa shape index (κ2) is 2.95. The van der Waals surface area contributed by atoms with Crippen molar-refractivity contribution in [3.63, 3.8) is 0 Å². The van der Waals surface area contributed by atoms with Gasteiger partial charge in [-0.25, -0.2) is 4.52 Å². The highest BCUT2D eigenvalue weighted by atomic mass is 15.2. The van der Waals surface area contributed by atoms with Crippen LogP contribution >= 0.6 is 0 Å². The number of hydrogen-bond donors (Lipinski definition) is 0. The van der Waals surface area contributed by atoms with Crippen molar-refractivity contribution in [1.29, 1.82) is 0 Å². The molecule has 0 aromatic carbocycles. The molecular formula is C11H10N4. The topological polar surface area (TPSA) is 35.1 Å². The van der Waals surface area contributed by atoms with Gasteiger partial charge in [0, 0.05) is 36.8 Å². The summed E-state index contributed by atoms with van der Waals surface area (Å²) >= 11 is 0. The summed E-state index contributed by atoms with van der Waals surface area (Å²) in [6.45, 7) is 0. The van der Waals surface area contributed by atoms with Crippen molar-refractivity contribution >= 4 is 5.52 Å². The molecule has 0 amide bonds. The molecule has 0 atom stereocenters. The maximum Gasteiger partial charge on any atom is 0.0653 e. The van der Waals surface area contributed by atoms with Crippen molar-refractivity contribution in [2.24, 2.45) is 7.05 Å². The number of aryl methyl sites for hydroxylation is 1. The van der Waals surface area contributed by atoms with Gasteiger partial charge in [0.15, 0.2) is 0 Å². The van der Waals surface area contributed by atoms with Gasteiger partial charge in [-0.1, -0.05) is 0 Å². The Hall–Kier alpha value is -2.10. The van der Waals surface area contributed by atoms with Crippen LogP contribution in [0.25, 0.3) is 16.6 Å². The molecule has 3 heterocycles. The quantitative estimate of drug-likeness (QED) is 0.597. The minimum absolute atomic E-state index is 1.09. The van der Waals surface area contributed by atoms with E-state index in [0.29, 0.717) is 0 Å². The third kappa shape index (κ3) is 1.30. The molecule has 3 aromatic heterocycles. The Morgan fingerprint density at radius 3 is 2.80 bits per heavy atom. The van der Waals surface area contributed by atoms with Crippen LogP contribution in [0.4, 0.5) is 0 Å². The molecule has 74 valence electrons. The Morgan fingerprint density at radius 2 is 2.07 bits per heavy atom. The van der Waals surface area contributed by atoms with Crippen LogP contribution in [-0.4, -0.2) is 19.4 Å². The number of aromatic nitrogens is 4. The maximum atomic E-state index is 4.22. The van der Waals surface area contributed by atoms with E-state index in [1.807, 2.05) is 42.3 Å². The lowest BCUT2D eigenvalue weighted by atomic mass is 10.2. The van der Waals surface area contributed by atoms with E-state index in [-0.39, 0.29) is 0 Å². The minimum Gasteiger partial charge on any atom is -0.275 e. The SMILES string of the molecule is Cn1cc(-c2cc3cccnn3c2)cn1. The van der Waals surface area contributed by atoms with E-state index < -0.39 is 0 Å². The van der Waals surface area contributed by atoms with Crippen molar-refractivity contribution in [2.75, 3.05) is 0 Å². The summed E-state index contributed by atoms with van der Waals surface area (Å²) in [5, 5.41) is 8.37. The fraction of sp³-hybridized carbons (Fsp3) is 0.0909. The summed E-state index contributed by atoms with van der Waals surface area (Å²) < 4.78 is 3.66. The molecule has 3 rings (SSSR count). The summed E-state index contributed by atoms with van der Waals surface area (Å²) in [5.41, 5.74) is 3.35. The number of fused-ring (bicyclic) bond motifs is 1. The van der Waals surface area contributed by atoms with E-state index in [1.165, 1.54) is 0 Å². The Balaban J connectivity index is 2.19. The smallest absolute Gasteiger partial charge is 0.0653 e. The number of nitrogens with zero attached hydrogens (tertiary/aromatic N) is 4. The molecule has 4 nitrogen and oxygen atoms in total. The second-order valence-corrected chi connectivity index (χ2v) is 3.52. The molecule has 0 spiro atoms. The van der Waals surface area contributed by atoms with Crippen molar-refractivity contribution in [3.05, 3.63) is 43.0 Å². The van der Waals surface area contributed by atoms with Crippen molar-refractivity contribution in [1.82, 2.24) is 19.4 Å². The van der Waals surface area contributed by atoms with Gasteiger partial charge in [-0.15, -0.1) is 0 Å². The summed E-state index contributed by atoms with van der Waals surface area (Å²) in [4.78, 5) is 0. The lowest BCUT2D eigenvalue weighted by molar-refractivity contribution is 0.768. The van der Waals surface area contributed by atoms with Crippen LogP contribution in [-0.2, 0) is 7.05 Å². The Morgan fingerprint density at radius 1 is 1.13 bits per heavy atom. The standard InChI is InChI=1S/C11H10N4/c1-14-7-10(6-13-14)9-5-11-3-2-4-12-15(11)8-9/h2-8H,1H3. The van der Waals surface area contributed by atoms with Gasteiger partial charge in [-0.05, 0) is 18.2 Å². The van der Waals surface area contributed by atoms with Gasteiger partial charge >= 0.3 is 0 Å². The molecule has 0 radical (unpaired) electrons. The van der Waals surface area contributed by atoms with Crippen LogP contribution in [0, 0.1) is 0 Å². The fourth-order valence-electron chi connectivity index (χ4n) is 1.67. The average molecular weight is 198 g/mol. The first-order valence-electron chi connectivity index (χ1n) is 4.75. The predicted molar refractivity (Wildman–Crippen MR) is 57.4 cm³/mol. The van der Waals surface area contributed by atoms with Gasteiger partial charge in [0.25, 0.3) is 0 Å². The molecule has 0 bridgehead atoms. The van der Waals surface area contributed by atoms with Gasteiger partial charge in [0.2, 0.25) is 0 Å². The van der Waals surface area contributed by atoms with Gasteiger partial charge < -0.3 is 0 Å². The molecule has 0 saturated carbocycles. The molecule has 15 heavy (non-hydrogen) atoms. The first-order chi connectivity index (χ1) is 7.33. The summed E-state index contributed by atoms with van der Waals surface area (Å²) in [6.07, 6.45) is 7.63. The van der Waals surface area contributed by atoms with E-state index >= 15 is 0 Å². The van der Waals surface area contributed by atoms with E-state index in [9.17, 15) is 0 Å². The highest BCUT2D eigenvalue weighted by Gasteiger charge is 2.03. The highest BCUT2D eigenvalue weighted by molar-refractivity contribution is 5.68. The zero-order valence-corrected chi connectivity index (χ0v) is 8.33. The van der Waals surface area contributed by atoms with Crippen molar-refractivity contribution in [2.45, 2.75) is 0 Å². The van der Waals surface area contributed by atoms with Gasteiger partial charge in [-0.3, -0.25) is 4.68 Å². The van der Waals surface area contributed by atoms with Crippen LogP contribution in [0.1, 0.15) is 0 Å². The minimum atomic E-state index is 1.09. The van der Waals surface area contributed by atoms with Gasteiger partial charge in [0.05, 0.1) is 11.7 Å². The van der Waals surface area contributed by atoms with Crippen LogP contribution in [0.15, 0.2) is 43.0 Å². The summed E-state index contributed by atoms with van der Waals surface area (Å²) in [7, 11) is 1.91. The van der Waals surface area contributed by atoms with Crippen molar-refractivity contribution < 1.29 is 0 Å². The molecule has 0 fully saturated rings. The number of rotatable bonds is 1. The Labute approximate surface area is 86.8 Å².